The van der Waals surface area contributed by atoms with Crippen LogP contribution >= 0.6 is 0 Å². The zero-order valence-corrected chi connectivity index (χ0v) is 16.7. The van der Waals surface area contributed by atoms with Crippen LogP contribution in [-0.4, -0.2) is 12.6 Å². The first-order chi connectivity index (χ1) is 11.7. The Morgan fingerprint density at radius 3 is 1.71 bits per heavy atom. The van der Waals surface area contributed by atoms with Gasteiger partial charge in [-0.15, -0.1) is 0 Å². The summed E-state index contributed by atoms with van der Waals surface area (Å²) < 4.78 is 5.35. The highest BCUT2D eigenvalue weighted by Gasteiger charge is 2.04. The Morgan fingerprint density at radius 1 is 0.708 bits per heavy atom. The van der Waals surface area contributed by atoms with Gasteiger partial charge in [-0.3, -0.25) is 0 Å². The molecule has 0 aromatic heterocycles. The maximum atomic E-state index is 11.9. The Kier molecular flexibility index (Phi) is 17.9. The summed E-state index contributed by atoms with van der Waals surface area (Å²) in [5.41, 5.74) is 0.781. The Hall–Kier alpha value is -0.790. The number of carbonyl (C=O) groups is 1. The molecule has 0 fully saturated rings. The first kappa shape index (κ1) is 23.2. The molecule has 0 spiro atoms. The minimum absolute atomic E-state index is 0.121. The van der Waals surface area contributed by atoms with Gasteiger partial charge in [0.1, 0.15) is 0 Å². The summed E-state index contributed by atoms with van der Waals surface area (Å²) in [6.07, 6.45) is 21.0. The SMILES string of the molecule is CCCCCCCC/C=C(\C)C(=O)OCCCCCCCCCC. The highest BCUT2D eigenvalue weighted by atomic mass is 16.5. The minimum Gasteiger partial charge on any atom is -0.462 e. The lowest BCUT2D eigenvalue weighted by molar-refractivity contribution is -0.139. The lowest BCUT2D eigenvalue weighted by Gasteiger charge is -2.05. The number of carbonyl (C=O) groups excluding carboxylic acids is 1. The Bertz CT molecular complexity index is 307. The molecule has 0 amide bonds. The third-order valence-electron chi connectivity index (χ3n) is 4.56. The normalized spacial score (nSPS) is 11.7. The van der Waals surface area contributed by atoms with Gasteiger partial charge in [0.25, 0.3) is 0 Å². The van der Waals surface area contributed by atoms with Crippen LogP contribution in [-0.2, 0) is 9.53 Å². The van der Waals surface area contributed by atoms with Gasteiger partial charge in [0.05, 0.1) is 6.61 Å². The van der Waals surface area contributed by atoms with E-state index in [4.69, 9.17) is 4.74 Å². The summed E-state index contributed by atoms with van der Waals surface area (Å²) >= 11 is 0. The molecule has 0 radical (unpaired) electrons. The van der Waals surface area contributed by atoms with Crippen LogP contribution in [0, 0.1) is 0 Å². The molecule has 142 valence electrons. The lowest BCUT2D eigenvalue weighted by Crippen LogP contribution is -2.07. The first-order valence-corrected chi connectivity index (χ1v) is 10.6. The second-order valence-corrected chi connectivity index (χ2v) is 7.05. The largest absolute Gasteiger partial charge is 0.462 e. The Balaban J connectivity index is 3.46. The van der Waals surface area contributed by atoms with Crippen molar-refractivity contribution in [2.45, 2.75) is 117 Å². The van der Waals surface area contributed by atoms with Crippen LogP contribution in [0.3, 0.4) is 0 Å². The van der Waals surface area contributed by atoms with E-state index in [9.17, 15) is 4.79 Å². The number of esters is 1. The van der Waals surface area contributed by atoms with Crippen LogP contribution < -0.4 is 0 Å². The number of allylic oxidation sites excluding steroid dienone is 1. The molecule has 0 unspecified atom stereocenters. The molecule has 0 saturated heterocycles. The van der Waals surface area contributed by atoms with Gasteiger partial charge in [-0.1, -0.05) is 97.0 Å². The van der Waals surface area contributed by atoms with E-state index in [1.165, 1.54) is 83.5 Å². The molecule has 2 nitrogen and oxygen atoms in total. The van der Waals surface area contributed by atoms with E-state index < -0.39 is 0 Å². The smallest absolute Gasteiger partial charge is 0.333 e. The molecular formula is C22H42O2. The number of unbranched alkanes of at least 4 members (excludes halogenated alkanes) is 13. The molecule has 0 aliphatic heterocycles. The molecule has 0 atom stereocenters. The van der Waals surface area contributed by atoms with E-state index in [1.54, 1.807) is 0 Å². The second kappa shape index (κ2) is 18.5. The highest BCUT2D eigenvalue weighted by molar-refractivity contribution is 5.87. The molecule has 24 heavy (non-hydrogen) atoms. The minimum atomic E-state index is -0.121. The first-order valence-electron chi connectivity index (χ1n) is 10.6. The van der Waals surface area contributed by atoms with Crippen LogP contribution in [0.4, 0.5) is 0 Å². The van der Waals surface area contributed by atoms with Crippen molar-refractivity contribution in [1.82, 2.24) is 0 Å². The summed E-state index contributed by atoms with van der Waals surface area (Å²) in [7, 11) is 0. The zero-order chi connectivity index (χ0) is 17.9. The molecule has 0 aliphatic rings. The fourth-order valence-corrected chi connectivity index (χ4v) is 2.84. The fourth-order valence-electron chi connectivity index (χ4n) is 2.84. The predicted molar refractivity (Wildman–Crippen MR) is 105 cm³/mol. The van der Waals surface area contributed by atoms with Gasteiger partial charge >= 0.3 is 5.97 Å². The van der Waals surface area contributed by atoms with Gasteiger partial charge < -0.3 is 4.74 Å². The van der Waals surface area contributed by atoms with Crippen molar-refractivity contribution in [3.05, 3.63) is 11.6 Å². The Labute approximate surface area is 151 Å². The molecule has 0 bridgehead atoms. The van der Waals surface area contributed by atoms with Crippen molar-refractivity contribution in [3.63, 3.8) is 0 Å². The summed E-state index contributed by atoms with van der Waals surface area (Å²) in [5.74, 6) is -0.121. The van der Waals surface area contributed by atoms with Crippen LogP contribution in [0.1, 0.15) is 117 Å². The second-order valence-electron chi connectivity index (χ2n) is 7.05. The van der Waals surface area contributed by atoms with E-state index in [-0.39, 0.29) is 5.97 Å². The summed E-state index contributed by atoms with van der Waals surface area (Å²) in [6, 6.07) is 0. The standard InChI is InChI=1S/C22H42O2/c1-4-6-8-10-12-14-16-18-20-24-22(23)21(3)19-17-15-13-11-9-7-5-2/h19H,4-18,20H2,1-3H3/b21-19+. The molecule has 0 aliphatic carbocycles. The van der Waals surface area contributed by atoms with Crippen molar-refractivity contribution in [2.75, 3.05) is 6.61 Å². The molecule has 2 heteroatoms. The van der Waals surface area contributed by atoms with Gasteiger partial charge in [0.2, 0.25) is 0 Å². The molecule has 0 heterocycles. The molecule has 0 aromatic carbocycles. The monoisotopic (exact) mass is 338 g/mol. The van der Waals surface area contributed by atoms with Crippen molar-refractivity contribution in [3.8, 4) is 0 Å². The van der Waals surface area contributed by atoms with E-state index in [0.29, 0.717) is 6.61 Å². The van der Waals surface area contributed by atoms with E-state index in [1.807, 2.05) is 6.92 Å². The number of rotatable bonds is 17. The van der Waals surface area contributed by atoms with E-state index in [0.717, 1.165) is 18.4 Å². The van der Waals surface area contributed by atoms with Gasteiger partial charge in [-0.05, 0) is 26.2 Å². The number of hydrogen-bond acceptors (Lipinski definition) is 2. The average molecular weight is 339 g/mol. The van der Waals surface area contributed by atoms with E-state index in [2.05, 4.69) is 19.9 Å². The quantitative estimate of drug-likeness (QED) is 0.157. The van der Waals surface area contributed by atoms with Crippen LogP contribution in [0.2, 0.25) is 0 Å². The molecule has 0 N–H and O–H groups in total. The summed E-state index contributed by atoms with van der Waals surface area (Å²) in [6.45, 7) is 6.95. The van der Waals surface area contributed by atoms with E-state index >= 15 is 0 Å². The third kappa shape index (κ3) is 16.1. The molecule has 0 saturated carbocycles. The van der Waals surface area contributed by atoms with Gasteiger partial charge in [-0.25, -0.2) is 4.79 Å². The van der Waals surface area contributed by atoms with Gasteiger partial charge in [0.15, 0.2) is 0 Å². The van der Waals surface area contributed by atoms with Crippen molar-refractivity contribution in [1.29, 1.82) is 0 Å². The highest BCUT2D eigenvalue weighted by Crippen LogP contribution is 2.10. The van der Waals surface area contributed by atoms with Gasteiger partial charge in [0, 0.05) is 5.57 Å². The number of ether oxygens (including phenoxy) is 1. The predicted octanol–water partition coefficient (Wildman–Crippen LogP) is 7.37. The van der Waals surface area contributed by atoms with Gasteiger partial charge in [-0.2, -0.15) is 0 Å². The van der Waals surface area contributed by atoms with Crippen molar-refractivity contribution in [2.24, 2.45) is 0 Å². The number of hydrogen-bond donors (Lipinski definition) is 0. The maximum Gasteiger partial charge on any atom is 0.333 e. The van der Waals surface area contributed by atoms with Crippen molar-refractivity contribution >= 4 is 5.97 Å². The average Bonchev–Trinajstić information content (AvgIpc) is 2.59. The third-order valence-corrected chi connectivity index (χ3v) is 4.56. The van der Waals surface area contributed by atoms with Crippen molar-refractivity contribution < 1.29 is 9.53 Å². The molecular weight excluding hydrogens is 296 g/mol. The topological polar surface area (TPSA) is 26.3 Å². The molecule has 0 aromatic rings. The van der Waals surface area contributed by atoms with Crippen LogP contribution in [0.25, 0.3) is 0 Å². The lowest BCUT2D eigenvalue weighted by atomic mass is 10.1. The zero-order valence-electron chi connectivity index (χ0n) is 16.7. The molecule has 0 rings (SSSR count). The maximum absolute atomic E-state index is 11.9. The fraction of sp³-hybridized carbons (Fsp3) is 0.864. The van der Waals surface area contributed by atoms with Crippen LogP contribution in [0.15, 0.2) is 11.6 Å². The Morgan fingerprint density at radius 2 is 1.17 bits per heavy atom. The summed E-state index contributed by atoms with van der Waals surface area (Å²) in [4.78, 5) is 11.9. The van der Waals surface area contributed by atoms with Crippen LogP contribution in [0.5, 0.6) is 0 Å². The summed E-state index contributed by atoms with van der Waals surface area (Å²) in [5, 5.41) is 0.